The van der Waals surface area contributed by atoms with E-state index in [2.05, 4.69) is 5.32 Å². The van der Waals surface area contributed by atoms with Crippen LogP contribution in [0.2, 0.25) is 0 Å². The van der Waals surface area contributed by atoms with E-state index in [-0.39, 0.29) is 0 Å². The zero-order valence-corrected chi connectivity index (χ0v) is 14.2. The van der Waals surface area contributed by atoms with Crippen molar-refractivity contribution in [3.8, 4) is 0 Å². The largest absolute Gasteiger partial charge is 0.444 e. The maximum Gasteiger partial charge on any atom is 0.408 e. The normalized spacial score (nSPS) is 14.4. The summed E-state index contributed by atoms with van der Waals surface area (Å²) < 4.78 is 5.25. The molecule has 1 rings (SSSR count). The van der Waals surface area contributed by atoms with E-state index in [1.165, 1.54) is 0 Å². The van der Waals surface area contributed by atoms with Crippen LogP contribution in [0.4, 0.5) is 4.79 Å². The van der Waals surface area contributed by atoms with Gasteiger partial charge in [-0.15, -0.1) is 0 Å². The standard InChI is InChI=1S/C17H27NO4/c1-10-7-11(2)14(12(3)8-10)15(13(20)9-19)18-16(21)22-17(4,5)6/h7-8,13,15,19-20H,9H2,1-6H3,(H,18,21)/t13-,15-/m0/s1. The van der Waals surface area contributed by atoms with Gasteiger partial charge in [-0.2, -0.15) is 0 Å². The predicted octanol–water partition coefficient (Wildman–Crippen LogP) is 2.53. The maximum atomic E-state index is 12.0. The minimum absolute atomic E-state index is 0.451. The maximum absolute atomic E-state index is 12.0. The van der Waals surface area contributed by atoms with Crippen LogP contribution in [0.3, 0.4) is 0 Å². The Balaban J connectivity index is 3.12. The van der Waals surface area contributed by atoms with E-state index >= 15 is 0 Å². The van der Waals surface area contributed by atoms with Crippen LogP contribution in [0.5, 0.6) is 0 Å². The van der Waals surface area contributed by atoms with Gasteiger partial charge in [0.2, 0.25) is 0 Å². The van der Waals surface area contributed by atoms with E-state index in [1.54, 1.807) is 20.8 Å². The molecule has 0 heterocycles. The summed E-state index contributed by atoms with van der Waals surface area (Å²) in [5, 5.41) is 22.1. The Hall–Kier alpha value is -1.59. The highest BCUT2D eigenvalue weighted by atomic mass is 16.6. The summed E-state index contributed by atoms with van der Waals surface area (Å²) in [7, 11) is 0. The Morgan fingerprint density at radius 1 is 1.23 bits per heavy atom. The number of hydrogen-bond donors (Lipinski definition) is 3. The number of alkyl carbamates (subject to hydrolysis) is 1. The topological polar surface area (TPSA) is 78.8 Å². The van der Waals surface area contributed by atoms with Crippen molar-refractivity contribution >= 4 is 6.09 Å². The molecule has 1 amide bonds. The summed E-state index contributed by atoms with van der Waals surface area (Å²) in [5.41, 5.74) is 3.18. The van der Waals surface area contributed by atoms with Gasteiger partial charge in [-0.25, -0.2) is 4.79 Å². The minimum atomic E-state index is -1.10. The van der Waals surface area contributed by atoms with Crippen molar-refractivity contribution < 1.29 is 19.7 Å². The number of aryl methyl sites for hydroxylation is 3. The van der Waals surface area contributed by atoms with E-state index in [9.17, 15) is 15.0 Å². The zero-order valence-electron chi connectivity index (χ0n) is 14.2. The van der Waals surface area contributed by atoms with Crippen molar-refractivity contribution in [3.63, 3.8) is 0 Å². The highest BCUT2D eigenvalue weighted by Gasteiger charge is 2.28. The summed E-state index contributed by atoms with van der Waals surface area (Å²) >= 11 is 0. The van der Waals surface area contributed by atoms with E-state index in [1.807, 2.05) is 32.9 Å². The molecule has 0 aliphatic heterocycles. The number of amides is 1. The quantitative estimate of drug-likeness (QED) is 0.798. The van der Waals surface area contributed by atoms with Crippen LogP contribution in [0.15, 0.2) is 12.1 Å². The van der Waals surface area contributed by atoms with Gasteiger partial charge < -0.3 is 20.3 Å². The Morgan fingerprint density at radius 3 is 2.14 bits per heavy atom. The van der Waals surface area contributed by atoms with Crippen LogP contribution < -0.4 is 5.32 Å². The molecule has 0 radical (unpaired) electrons. The molecule has 0 spiro atoms. The van der Waals surface area contributed by atoms with Gasteiger partial charge in [0.05, 0.1) is 12.6 Å². The summed E-state index contributed by atoms with van der Waals surface area (Å²) in [6.07, 6.45) is -1.73. The van der Waals surface area contributed by atoms with Crippen molar-refractivity contribution in [1.82, 2.24) is 5.32 Å². The van der Waals surface area contributed by atoms with Gasteiger partial charge in [0, 0.05) is 0 Å². The molecule has 22 heavy (non-hydrogen) atoms. The molecule has 0 saturated heterocycles. The van der Waals surface area contributed by atoms with Gasteiger partial charge >= 0.3 is 6.09 Å². The van der Waals surface area contributed by atoms with E-state index in [4.69, 9.17) is 4.74 Å². The third-order valence-corrected chi connectivity index (χ3v) is 3.29. The fraction of sp³-hybridized carbons (Fsp3) is 0.588. The number of nitrogens with one attached hydrogen (secondary N) is 1. The fourth-order valence-electron chi connectivity index (χ4n) is 2.58. The zero-order chi connectivity index (χ0) is 17.1. The molecule has 0 unspecified atom stereocenters. The molecule has 0 aromatic heterocycles. The lowest BCUT2D eigenvalue weighted by molar-refractivity contribution is 0.0314. The van der Waals surface area contributed by atoms with Crippen LogP contribution in [-0.4, -0.2) is 34.6 Å². The van der Waals surface area contributed by atoms with Crippen LogP contribution in [0.25, 0.3) is 0 Å². The molecule has 0 fully saturated rings. The number of ether oxygens (including phenoxy) is 1. The summed E-state index contributed by atoms with van der Waals surface area (Å²) in [6, 6.07) is 3.24. The van der Waals surface area contributed by atoms with Crippen LogP contribution in [-0.2, 0) is 4.74 Å². The third-order valence-electron chi connectivity index (χ3n) is 3.29. The van der Waals surface area contributed by atoms with Gasteiger partial charge in [-0.1, -0.05) is 17.7 Å². The average molecular weight is 309 g/mol. The minimum Gasteiger partial charge on any atom is -0.444 e. The van der Waals surface area contributed by atoms with E-state index < -0.39 is 30.4 Å². The molecule has 1 aromatic rings. The first-order chi connectivity index (χ1) is 10.0. The summed E-state index contributed by atoms with van der Waals surface area (Å²) in [5.74, 6) is 0. The van der Waals surface area contributed by atoms with Gasteiger partial charge in [0.25, 0.3) is 0 Å². The number of carbonyl (C=O) groups is 1. The number of rotatable bonds is 4. The highest BCUT2D eigenvalue weighted by Crippen LogP contribution is 2.26. The van der Waals surface area contributed by atoms with Crippen molar-refractivity contribution in [2.45, 2.75) is 59.3 Å². The fourth-order valence-corrected chi connectivity index (χ4v) is 2.58. The SMILES string of the molecule is Cc1cc(C)c([C@@H](NC(=O)OC(C)(C)C)[C@@H](O)CO)c(C)c1. The lowest BCUT2D eigenvalue weighted by atomic mass is 9.91. The third kappa shape index (κ3) is 5.00. The van der Waals surface area contributed by atoms with E-state index in [0.717, 1.165) is 22.3 Å². The van der Waals surface area contributed by atoms with Crippen molar-refractivity contribution in [1.29, 1.82) is 0 Å². The van der Waals surface area contributed by atoms with Gasteiger partial charge in [-0.3, -0.25) is 0 Å². The molecule has 5 heteroatoms. The molecule has 124 valence electrons. The number of benzene rings is 1. The molecule has 2 atom stereocenters. The van der Waals surface area contributed by atoms with Crippen molar-refractivity contribution in [2.75, 3.05) is 6.61 Å². The summed E-state index contributed by atoms with van der Waals surface area (Å²) in [6.45, 7) is 10.7. The van der Waals surface area contributed by atoms with Crippen LogP contribution >= 0.6 is 0 Å². The Morgan fingerprint density at radius 2 is 1.73 bits per heavy atom. The molecule has 0 saturated carbocycles. The van der Waals surface area contributed by atoms with Crippen LogP contribution in [0, 0.1) is 20.8 Å². The molecule has 0 aliphatic rings. The second kappa shape index (κ2) is 7.11. The molecule has 0 bridgehead atoms. The second-order valence-electron chi connectivity index (χ2n) is 6.69. The van der Waals surface area contributed by atoms with Gasteiger partial charge in [-0.05, 0) is 58.2 Å². The Kier molecular flexibility index (Phi) is 5.97. The number of aliphatic hydroxyl groups is 2. The predicted molar refractivity (Wildman–Crippen MR) is 85.9 cm³/mol. The molecule has 5 nitrogen and oxygen atoms in total. The van der Waals surface area contributed by atoms with Gasteiger partial charge in [0.1, 0.15) is 11.7 Å². The smallest absolute Gasteiger partial charge is 0.408 e. The average Bonchev–Trinajstić information content (AvgIpc) is 2.33. The molecular formula is C17H27NO4. The number of aliphatic hydroxyl groups excluding tert-OH is 2. The number of carbonyl (C=O) groups excluding carboxylic acids is 1. The van der Waals surface area contributed by atoms with Crippen molar-refractivity contribution in [3.05, 3.63) is 34.4 Å². The van der Waals surface area contributed by atoms with Gasteiger partial charge in [0.15, 0.2) is 0 Å². The lowest BCUT2D eigenvalue weighted by Crippen LogP contribution is -2.41. The van der Waals surface area contributed by atoms with E-state index in [0.29, 0.717) is 0 Å². The first-order valence-corrected chi connectivity index (χ1v) is 7.41. The Labute approximate surface area is 132 Å². The molecular weight excluding hydrogens is 282 g/mol. The second-order valence-corrected chi connectivity index (χ2v) is 6.69. The highest BCUT2D eigenvalue weighted by molar-refractivity contribution is 5.69. The molecule has 3 N–H and O–H groups in total. The van der Waals surface area contributed by atoms with Crippen LogP contribution in [0.1, 0.15) is 49.1 Å². The molecule has 1 aromatic carbocycles. The first-order valence-electron chi connectivity index (χ1n) is 7.41. The van der Waals surface area contributed by atoms with Crippen molar-refractivity contribution in [2.24, 2.45) is 0 Å². The first kappa shape index (κ1) is 18.5. The Bertz CT molecular complexity index is 511. The summed E-state index contributed by atoms with van der Waals surface area (Å²) in [4.78, 5) is 12.0. The molecule has 0 aliphatic carbocycles. The number of hydrogen-bond acceptors (Lipinski definition) is 4. The monoisotopic (exact) mass is 309 g/mol. The lowest BCUT2D eigenvalue weighted by Gasteiger charge is -2.28.